The van der Waals surface area contributed by atoms with Crippen LogP contribution in [0.2, 0.25) is 0 Å². The lowest BCUT2D eigenvalue weighted by Gasteiger charge is -2.18. The molecule has 0 spiro atoms. The highest BCUT2D eigenvalue weighted by molar-refractivity contribution is 5.67. The minimum absolute atomic E-state index is 0.308. The molecule has 0 unspecified atom stereocenters. The zero-order valence-corrected chi connectivity index (χ0v) is 15.0. The molecule has 0 aliphatic carbocycles. The minimum atomic E-state index is 0.308. The van der Waals surface area contributed by atoms with Gasteiger partial charge in [0.1, 0.15) is 0 Å². The number of rotatable bonds is 6. The van der Waals surface area contributed by atoms with Crippen LogP contribution in [-0.2, 0) is 17.8 Å². The van der Waals surface area contributed by atoms with E-state index < -0.39 is 0 Å². The van der Waals surface area contributed by atoms with Crippen LogP contribution in [0.25, 0.3) is 11.1 Å². The second kappa shape index (κ2) is 7.93. The van der Waals surface area contributed by atoms with Gasteiger partial charge in [0.2, 0.25) is 0 Å². The third-order valence-corrected chi connectivity index (χ3v) is 4.71. The molecule has 1 saturated heterocycles. The van der Waals surface area contributed by atoms with Crippen molar-refractivity contribution in [3.05, 3.63) is 59.7 Å². The molecular formula is C21H28N2O. The smallest absolute Gasteiger partial charge is 0.0700 e. The first-order chi connectivity index (χ1) is 11.6. The maximum atomic E-state index is 5.65. The predicted octanol–water partition coefficient (Wildman–Crippen LogP) is 3.68. The predicted molar refractivity (Wildman–Crippen MR) is 99.9 cm³/mol. The topological polar surface area (TPSA) is 24.5 Å². The maximum absolute atomic E-state index is 5.65. The van der Waals surface area contributed by atoms with Gasteiger partial charge >= 0.3 is 0 Å². The van der Waals surface area contributed by atoms with Crippen molar-refractivity contribution >= 4 is 0 Å². The van der Waals surface area contributed by atoms with Gasteiger partial charge in [0.05, 0.1) is 6.10 Å². The summed E-state index contributed by atoms with van der Waals surface area (Å²) in [5, 5.41) is 3.66. The maximum Gasteiger partial charge on any atom is 0.0700 e. The molecule has 1 N–H and O–H groups in total. The van der Waals surface area contributed by atoms with Crippen LogP contribution in [0.4, 0.5) is 0 Å². The van der Waals surface area contributed by atoms with Crippen molar-refractivity contribution < 1.29 is 4.74 Å². The minimum Gasteiger partial charge on any atom is -0.377 e. The summed E-state index contributed by atoms with van der Waals surface area (Å²) in [6, 6.07) is 18.1. The molecule has 0 aromatic heterocycles. The van der Waals surface area contributed by atoms with Gasteiger partial charge in [-0.2, -0.15) is 0 Å². The zero-order valence-electron chi connectivity index (χ0n) is 15.0. The van der Waals surface area contributed by atoms with Crippen LogP contribution in [0, 0.1) is 0 Å². The van der Waals surface area contributed by atoms with Crippen molar-refractivity contribution in [2.24, 2.45) is 0 Å². The average Bonchev–Trinajstić information content (AvgIpc) is 2.99. The highest BCUT2D eigenvalue weighted by atomic mass is 16.5. The van der Waals surface area contributed by atoms with E-state index in [4.69, 9.17) is 4.74 Å². The van der Waals surface area contributed by atoms with Crippen molar-refractivity contribution in [3.63, 3.8) is 0 Å². The fraction of sp³-hybridized carbons (Fsp3) is 0.429. The molecule has 128 valence electrons. The molecule has 2 aromatic carbocycles. The van der Waals surface area contributed by atoms with E-state index >= 15 is 0 Å². The van der Waals surface area contributed by atoms with Gasteiger partial charge in [-0.15, -0.1) is 0 Å². The summed E-state index contributed by atoms with van der Waals surface area (Å²) in [4.78, 5) is 2.19. The number of nitrogens with zero attached hydrogens (tertiary/aromatic N) is 1. The second-order valence-electron chi connectivity index (χ2n) is 6.94. The fourth-order valence-corrected chi connectivity index (χ4v) is 3.35. The Morgan fingerprint density at radius 3 is 2.50 bits per heavy atom. The second-order valence-corrected chi connectivity index (χ2v) is 6.94. The third-order valence-electron chi connectivity index (χ3n) is 4.71. The van der Waals surface area contributed by atoms with Gasteiger partial charge in [-0.05, 0) is 49.7 Å². The van der Waals surface area contributed by atoms with Gasteiger partial charge in [0.25, 0.3) is 0 Å². The van der Waals surface area contributed by atoms with Gasteiger partial charge in [-0.25, -0.2) is 0 Å². The Morgan fingerprint density at radius 1 is 1.08 bits per heavy atom. The monoisotopic (exact) mass is 324 g/mol. The molecule has 1 aliphatic heterocycles. The third kappa shape index (κ3) is 4.23. The molecule has 1 heterocycles. The largest absolute Gasteiger partial charge is 0.377 e. The van der Waals surface area contributed by atoms with E-state index in [9.17, 15) is 0 Å². The molecule has 2 atom stereocenters. The quantitative estimate of drug-likeness (QED) is 0.877. The van der Waals surface area contributed by atoms with Crippen LogP contribution in [-0.4, -0.2) is 37.7 Å². The average molecular weight is 324 g/mol. The van der Waals surface area contributed by atoms with Crippen LogP contribution in [0.1, 0.15) is 24.5 Å². The Balaban J connectivity index is 1.73. The van der Waals surface area contributed by atoms with Crippen molar-refractivity contribution in [2.75, 3.05) is 20.7 Å². The molecular weight excluding hydrogens is 296 g/mol. The summed E-state index contributed by atoms with van der Waals surface area (Å²) < 4.78 is 5.65. The standard InChI is InChI=1S/C21H28N2O/c1-16-21(12-13-24-16)22-14-19-6-4-5-7-20(19)18-10-8-17(9-11-18)15-23(2)3/h4-11,16,21-22H,12-15H2,1-3H3/t16-,21-/m0/s1. The number of hydrogen-bond acceptors (Lipinski definition) is 3. The number of hydrogen-bond donors (Lipinski definition) is 1. The Bertz CT molecular complexity index is 651. The first-order valence-electron chi connectivity index (χ1n) is 8.80. The highest BCUT2D eigenvalue weighted by Gasteiger charge is 2.23. The van der Waals surface area contributed by atoms with Gasteiger partial charge < -0.3 is 15.0 Å². The van der Waals surface area contributed by atoms with Crippen molar-refractivity contribution in [2.45, 2.75) is 38.6 Å². The van der Waals surface area contributed by atoms with Crippen molar-refractivity contribution in [1.29, 1.82) is 0 Å². The molecule has 24 heavy (non-hydrogen) atoms. The lowest BCUT2D eigenvalue weighted by atomic mass is 9.98. The molecule has 1 fully saturated rings. The molecule has 0 saturated carbocycles. The summed E-state index contributed by atoms with van der Waals surface area (Å²) in [6.07, 6.45) is 1.41. The Morgan fingerprint density at radius 2 is 1.83 bits per heavy atom. The van der Waals surface area contributed by atoms with E-state index in [0.29, 0.717) is 12.1 Å². The van der Waals surface area contributed by atoms with Gasteiger partial charge in [0, 0.05) is 25.7 Å². The fourth-order valence-electron chi connectivity index (χ4n) is 3.35. The Labute approximate surface area is 145 Å². The van der Waals surface area contributed by atoms with Crippen LogP contribution in [0.15, 0.2) is 48.5 Å². The summed E-state index contributed by atoms with van der Waals surface area (Å²) in [7, 11) is 4.20. The Kier molecular flexibility index (Phi) is 5.67. The highest BCUT2D eigenvalue weighted by Crippen LogP contribution is 2.25. The van der Waals surface area contributed by atoms with E-state index in [1.54, 1.807) is 0 Å². The normalized spacial score (nSPS) is 20.7. The molecule has 0 amide bonds. The lowest BCUT2D eigenvalue weighted by molar-refractivity contribution is 0.113. The summed E-state index contributed by atoms with van der Waals surface area (Å²) in [6.45, 7) is 4.88. The summed E-state index contributed by atoms with van der Waals surface area (Å²) >= 11 is 0. The van der Waals surface area contributed by atoms with Crippen molar-refractivity contribution in [1.82, 2.24) is 10.2 Å². The zero-order chi connectivity index (χ0) is 16.9. The number of ether oxygens (including phenoxy) is 1. The van der Waals surface area contributed by atoms with Crippen LogP contribution in [0.5, 0.6) is 0 Å². The number of nitrogens with one attached hydrogen (secondary N) is 1. The molecule has 2 aromatic rings. The van der Waals surface area contributed by atoms with E-state index in [-0.39, 0.29) is 0 Å². The Hall–Kier alpha value is -1.68. The van der Waals surface area contributed by atoms with Gasteiger partial charge in [0.15, 0.2) is 0 Å². The van der Waals surface area contributed by atoms with Gasteiger partial charge in [-0.1, -0.05) is 48.5 Å². The molecule has 3 rings (SSSR count). The molecule has 3 heteroatoms. The summed E-state index contributed by atoms with van der Waals surface area (Å²) in [5.41, 5.74) is 5.28. The SMILES string of the molecule is C[C@@H]1OCC[C@@H]1NCc1ccccc1-c1ccc(CN(C)C)cc1. The molecule has 1 aliphatic rings. The van der Waals surface area contributed by atoms with E-state index in [1.807, 2.05) is 0 Å². The van der Waals surface area contributed by atoms with Crippen LogP contribution < -0.4 is 5.32 Å². The van der Waals surface area contributed by atoms with E-state index in [1.165, 1.54) is 22.3 Å². The first-order valence-corrected chi connectivity index (χ1v) is 8.80. The number of benzene rings is 2. The lowest BCUT2D eigenvalue weighted by Crippen LogP contribution is -2.34. The van der Waals surface area contributed by atoms with Crippen molar-refractivity contribution in [3.8, 4) is 11.1 Å². The molecule has 0 radical (unpaired) electrons. The van der Waals surface area contributed by atoms with E-state index in [2.05, 4.69) is 79.8 Å². The molecule has 0 bridgehead atoms. The van der Waals surface area contributed by atoms with Gasteiger partial charge in [-0.3, -0.25) is 0 Å². The summed E-state index contributed by atoms with van der Waals surface area (Å²) in [5.74, 6) is 0. The van der Waals surface area contributed by atoms with E-state index in [0.717, 1.165) is 26.1 Å². The van der Waals surface area contributed by atoms with Crippen LogP contribution in [0.3, 0.4) is 0 Å². The van der Waals surface area contributed by atoms with Crippen LogP contribution >= 0.6 is 0 Å². The first kappa shape index (κ1) is 17.2. The molecule has 3 nitrogen and oxygen atoms in total.